The number of hydrogen-bond donors (Lipinski definition) is 1. The van der Waals surface area contributed by atoms with Crippen molar-refractivity contribution in [3.8, 4) is 11.3 Å². The molecule has 0 unspecified atom stereocenters. The Hall–Kier alpha value is -1.82. The number of carboxylic acids is 1. The summed E-state index contributed by atoms with van der Waals surface area (Å²) in [5, 5.41) is 12.6. The maximum atomic E-state index is 13.0. The van der Waals surface area contributed by atoms with E-state index in [0.717, 1.165) is 11.5 Å². The van der Waals surface area contributed by atoms with Gasteiger partial charge in [0.1, 0.15) is 11.5 Å². The van der Waals surface area contributed by atoms with E-state index < -0.39 is 5.97 Å². The number of benzene rings is 1. The minimum absolute atomic E-state index is 0.0611. The topological polar surface area (TPSA) is 63.1 Å². The molecule has 2 aromatic rings. The Labute approximate surface area is 94.5 Å². The van der Waals surface area contributed by atoms with Gasteiger partial charge in [0.15, 0.2) is 4.88 Å². The number of carboxylic acid groups (broad SMARTS) is 1. The van der Waals surface area contributed by atoms with Crippen LogP contribution < -0.4 is 0 Å². The average Bonchev–Trinajstić information content (AvgIpc) is 2.71. The van der Waals surface area contributed by atoms with E-state index in [1.54, 1.807) is 13.0 Å². The highest BCUT2D eigenvalue weighted by molar-refractivity contribution is 7.08. The number of hydrogen-bond acceptors (Lipinski definition) is 4. The van der Waals surface area contributed by atoms with Crippen LogP contribution in [0, 0.1) is 12.7 Å². The van der Waals surface area contributed by atoms with E-state index in [1.165, 1.54) is 12.1 Å². The molecule has 16 heavy (non-hydrogen) atoms. The molecule has 0 spiro atoms. The SMILES string of the molecule is Cc1cc(-c2nnsc2C(=O)O)ccc1F. The molecule has 0 saturated carbocycles. The van der Waals surface area contributed by atoms with Crippen LogP contribution in [0.5, 0.6) is 0 Å². The van der Waals surface area contributed by atoms with Gasteiger partial charge in [-0.05, 0) is 42.2 Å². The highest BCUT2D eigenvalue weighted by atomic mass is 32.1. The van der Waals surface area contributed by atoms with Crippen molar-refractivity contribution < 1.29 is 14.3 Å². The fourth-order valence-electron chi connectivity index (χ4n) is 1.31. The van der Waals surface area contributed by atoms with Gasteiger partial charge in [0.2, 0.25) is 0 Å². The summed E-state index contributed by atoms with van der Waals surface area (Å²) < 4.78 is 16.6. The van der Waals surface area contributed by atoms with Crippen LogP contribution in [0.4, 0.5) is 4.39 Å². The lowest BCUT2D eigenvalue weighted by atomic mass is 10.1. The monoisotopic (exact) mass is 238 g/mol. The Bertz CT molecular complexity index is 554. The predicted octanol–water partition coefficient (Wildman–Crippen LogP) is 2.35. The lowest BCUT2D eigenvalue weighted by molar-refractivity contribution is 0.0702. The Morgan fingerprint density at radius 2 is 2.25 bits per heavy atom. The Morgan fingerprint density at radius 3 is 2.88 bits per heavy atom. The molecule has 0 saturated heterocycles. The second kappa shape index (κ2) is 3.97. The summed E-state index contributed by atoms with van der Waals surface area (Å²) in [6, 6.07) is 4.33. The summed E-state index contributed by atoms with van der Waals surface area (Å²) in [4.78, 5) is 10.9. The molecule has 1 aromatic heterocycles. The molecule has 1 heterocycles. The fourth-order valence-corrected chi connectivity index (χ4v) is 1.84. The van der Waals surface area contributed by atoms with Crippen molar-refractivity contribution in [3.05, 3.63) is 34.5 Å². The summed E-state index contributed by atoms with van der Waals surface area (Å²) in [5.74, 6) is -1.41. The fraction of sp³-hybridized carbons (Fsp3) is 0.100. The molecular formula is C10H7FN2O2S. The molecule has 82 valence electrons. The molecule has 2 rings (SSSR count). The Balaban J connectivity index is 2.54. The first-order valence-electron chi connectivity index (χ1n) is 4.42. The van der Waals surface area contributed by atoms with Crippen molar-refractivity contribution in [2.24, 2.45) is 0 Å². The van der Waals surface area contributed by atoms with Gasteiger partial charge >= 0.3 is 5.97 Å². The summed E-state index contributed by atoms with van der Waals surface area (Å²) in [6.45, 7) is 1.61. The van der Waals surface area contributed by atoms with E-state index >= 15 is 0 Å². The van der Waals surface area contributed by atoms with Gasteiger partial charge < -0.3 is 5.11 Å². The first kappa shape index (κ1) is 10.7. The second-order valence-corrected chi connectivity index (χ2v) is 3.97. The van der Waals surface area contributed by atoms with Crippen molar-refractivity contribution in [1.82, 2.24) is 9.59 Å². The zero-order valence-corrected chi connectivity index (χ0v) is 9.08. The summed E-state index contributed by atoms with van der Waals surface area (Å²) in [6.07, 6.45) is 0. The van der Waals surface area contributed by atoms with Gasteiger partial charge in [-0.2, -0.15) is 0 Å². The molecule has 0 fully saturated rings. The third kappa shape index (κ3) is 1.79. The number of halogens is 1. The zero-order chi connectivity index (χ0) is 11.7. The van der Waals surface area contributed by atoms with Crippen molar-refractivity contribution in [2.75, 3.05) is 0 Å². The Kier molecular flexibility index (Phi) is 2.66. The number of aryl methyl sites for hydroxylation is 1. The predicted molar refractivity (Wildman–Crippen MR) is 57.0 cm³/mol. The number of aromatic nitrogens is 2. The van der Waals surface area contributed by atoms with E-state index in [2.05, 4.69) is 9.59 Å². The van der Waals surface area contributed by atoms with Crippen LogP contribution in [0.3, 0.4) is 0 Å². The molecule has 0 atom stereocenters. The van der Waals surface area contributed by atoms with E-state index in [0.29, 0.717) is 11.1 Å². The van der Waals surface area contributed by atoms with Crippen LogP contribution >= 0.6 is 11.5 Å². The van der Waals surface area contributed by atoms with Crippen molar-refractivity contribution >= 4 is 17.5 Å². The third-order valence-corrected chi connectivity index (χ3v) is 2.83. The van der Waals surface area contributed by atoms with Crippen LogP contribution in [0.1, 0.15) is 15.2 Å². The van der Waals surface area contributed by atoms with Crippen molar-refractivity contribution in [2.45, 2.75) is 6.92 Å². The second-order valence-electron chi connectivity index (χ2n) is 3.22. The van der Waals surface area contributed by atoms with Crippen molar-refractivity contribution in [3.63, 3.8) is 0 Å². The molecule has 4 nitrogen and oxygen atoms in total. The van der Waals surface area contributed by atoms with Crippen LogP contribution in [0.25, 0.3) is 11.3 Å². The van der Waals surface area contributed by atoms with Crippen LogP contribution in [0.2, 0.25) is 0 Å². The first-order chi connectivity index (χ1) is 7.59. The standard InChI is InChI=1S/C10H7FN2O2S/c1-5-4-6(2-3-7(5)11)8-9(10(14)15)16-13-12-8/h2-4H,1H3,(H,14,15). The van der Waals surface area contributed by atoms with Gasteiger partial charge in [-0.15, -0.1) is 5.10 Å². The molecule has 0 aliphatic rings. The number of rotatable bonds is 2. The number of carbonyl (C=O) groups is 1. The largest absolute Gasteiger partial charge is 0.477 e. The highest BCUT2D eigenvalue weighted by Crippen LogP contribution is 2.25. The lowest BCUT2D eigenvalue weighted by Gasteiger charge is -2.00. The summed E-state index contributed by atoms with van der Waals surface area (Å²) in [7, 11) is 0. The Morgan fingerprint density at radius 1 is 1.50 bits per heavy atom. The molecule has 0 bridgehead atoms. The smallest absolute Gasteiger partial charge is 0.349 e. The van der Waals surface area contributed by atoms with Gasteiger partial charge in [-0.1, -0.05) is 4.49 Å². The molecule has 0 amide bonds. The zero-order valence-electron chi connectivity index (χ0n) is 8.27. The van der Waals surface area contributed by atoms with E-state index in [4.69, 9.17) is 5.11 Å². The van der Waals surface area contributed by atoms with Gasteiger partial charge in [-0.3, -0.25) is 0 Å². The molecular weight excluding hydrogens is 231 g/mol. The average molecular weight is 238 g/mol. The third-order valence-electron chi connectivity index (χ3n) is 2.11. The van der Waals surface area contributed by atoms with E-state index in [1.807, 2.05) is 0 Å². The molecule has 0 aliphatic carbocycles. The van der Waals surface area contributed by atoms with Gasteiger partial charge in [0, 0.05) is 5.56 Å². The maximum absolute atomic E-state index is 13.0. The normalized spacial score (nSPS) is 10.4. The van der Waals surface area contributed by atoms with Crippen molar-refractivity contribution in [1.29, 1.82) is 0 Å². The molecule has 1 aromatic carbocycles. The quantitative estimate of drug-likeness (QED) is 0.872. The lowest BCUT2D eigenvalue weighted by Crippen LogP contribution is -1.96. The molecule has 6 heteroatoms. The minimum Gasteiger partial charge on any atom is -0.477 e. The number of nitrogens with zero attached hydrogens (tertiary/aromatic N) is 2. The molecule has 0 radical (unpaired) electrons. The van der Waals surface area contributed by atoms with E-state index in [-0.39, 0.29) is 16.4 Å². The van der Waals surface area contributed by atoms with Gasteiger partial charge in [0.25, 0.3) is 0 Å². The maximum Gasteiger partial charge on any atom is 0.349 e. The molecule has 1 N–H and O–H groups in total. The molecule has 0 aliphatic heterocycles. The van der Waals surface area contributed by atoms with Crippen LogP contribution in [0.15, 0.2) is 18.2 Å². The van der Waals surface area contributed by atoms with E-state index in [9.17, 15) is 9.18 Å². The van der Waals surface area contributed by atoms with Gasteiger partial charge in [0.05, 0.1) is 0 Å². The minimum atomic E-state index is -1.08. The van der Waals surface area contributed by atoms with Crippen LogP contribution in [-0.4, -0.2) is 20.7 Å². The van der Waals surface area contributed by atoms with Gasteiger partial charge in [-0.25, -0.2) is 9.18 Å². The van der Waals surface area contributed by atoms with Crippen LogP contribution in [-0.2, 0) is 0 Å². The number of aromatic carboxylic acids is 1. The first-order valence-corrected chi connectivity index (χ1v) is 5.19. The summed E-state index contributed by atoms with van der Waals surface area (Å²) >= 11 is 0.808. The highest BCUT2D eigenvalue weighted by Gasteiger charge is 2.17. The summed E-state index contributed by atoms with van der Waals surface area (Å²) in [5.41, 5.74) is 1.28.